The molecule has 6 heteroatoms. The van der Waals surface area contributed by atoms with E-state index in [9.17, 15) is 4.79 Å². The monoisotopic (exact) mass is 402 g/mol. The summed E-state index contributed by atoms with van der Waals surface area (Å²) in [5, 5.41) is 7.93. The zero-order chi connectivity index (χ0) is 20.4. The van der Waals surface area contributed by atoms with Gasteiger partial charge in [0.05, 0.1) is 5.69 Å². The summed E-state index contributed by atoms with van der Waals surface area (Å²) in [6, 6.07) is 22.8. The van der Waals surface area contributed by atoms with Crippen molar-refractivity contribution >= 4 is 23.2 Å². The number of amides is 1. The number of carbonyl (C=O) groups excluding carboxylic acids is 1. The lowest BCUT2D eigenvalue weighted by Gasteiger charge is -2.06. The van der Waals surface area contributed by atoms with Crippen LogP contribution in [0.4, 0.5) is 5.69 Å². The first-order valence-electron chi connectivity index (χ1n) is 9.18. The summed E-state index contributed by atoms with van der Waals surface area (Å²) in [5.74, 6) is 0.262. The number of halogens is 1. The first-order chi connectivity index (χ1) is 14.0. The van der Waals surface area contributed by atoms with Crippen molar-refractivity contribution < 1.29 is 4.79 Å². The number of nitrogens with one attached hydrogen (secondary N) is 1. The molecule has 1 aromatic heterocycles. The molecule has 5 nitrogen and oxygen atoms in total. The number of rotatable bonds is 4. The molecule has 0 saturated heterocycles. The molecule has 1 heterocycles. The van der Waals surface area contributed by atoms with Crippen molar-refractivity contribution in [2.24, 2.45) is 0 Å². The van der Waals surface area contributed by atoms with Gasteiger partial charge >= 0.3 is 0 Å². The summed E-state index contributed by atoms with van der Waals surface area (Å²) in [4.78, 5) is 17.3. The van der Waals surface area contributed by atoms with Crippen molar-refractivity contribution in [3.8, 4) is 17.1 Å². The first-order valence-corrected chi connectivity index (χ1v) is 9.55. The standard InChI is InChI=1S/C23H19ClN4O/c1-15-9-11-20(12-10-15)28-22(17-6-4-7-18(24)14-17)26-21(27-28)23(29)25-19-8-3-5-16(2)13-19/h3-14H,1-2H3,(H,25,29). The van der Waals surface area contributed by atoms with Crippen molar-refractivity contribution in [2.45, 2.75) is 13.8 Å². The second-order valence-corrected chi connectivity index (χ2v) is 7.28. The molecule has 3 aromatic carbocycles. The molecule has 29 heavy (non-hydrogen) atoms. The van der Waals surface area contributed by atoms with Gasteiger partial charge in [0.1, 0.15) is 0 Å². The predicted molar refractivity (Wildman–Crippen MR) is 116 cm³/mol. The Bertz CT molecular complexity index is 1180. The molecule has 1 N–H and O–H groups in total. The summed E-state index contributed by atoms with van der Waals surface area (Å²) < 4.78 is 1.66. The molecule has 0 aliphatic carbocycles. The van der Waals surface area contributed by atoms with Crippen LogP contribution in [0.2, 0.25) is 5.02 Å². The van der Waals surface area contributed by atoms with E-state index in [2.05, 4.69) is 15.4 Å². The zero-order valence-electron chi connectivity index (χ0n) is 16.1. The Labute approximate surface area is 174 Å². The average Bonchev–Trinajstić information content (AvgIpc) is 3.14. The van der Waals surface area contributed by atoms with Gasteiger partial charge in [-0.15, -0.1) is 5.10 Å². The smallest absolute Gasteiger partial charge is 0.295 e. The second-order valence-electron chi connectivity index (χ2n) is 6.84. The minimum atomic E-state index is -0.371. The van der Waals surface area contributed by atoms with Gasteiger partial charge in [-0.1, -0.05) is 53.6 Å². The topological polar surface area (TPSA) is 59.8 Å². The van der Waals surface area contributed by atoms with Crippen molar-refractivity contribution in [3.05, 3.63) is 94.8 Å². The summed E-state index contributed by atoms with van der Waals surface area (Å²) in [6.07, 6.45) is 0. The first kappa shape index (κ1) is 18.9. The normalized spacial score (nSPS) is 10.7. The molecular formula is C23H19ClN4O. The molecule has 0 aliphatic rings. The van der Waals surface area contributed by atoms with Crippen LogP contribution in [0.3, 0.4) is 0 Å². The maximum Gasteiger partial charge on any atom is 0.295 e. The van der Waals surface area contributed by atoms with Crippen LogP contribution in [-0.4, -0.2) is 20.7 Å². The molecule has 0 fully saturated rings. The van der Waals surface area contributed by atoms with Crippen molar-refractivity contribution in [2.75, 3.05) is 5.32 Å². The summed E-state index contributed by atoms with van der Waals surface area (Å²) >= 11 is 6.17. The van der Waals surface area contributed by atoms with Crippen LogP contribution in [-0.2, 0) is 0 Å². The SMILES string of the molecule is Cc1ccc(-n2nc(C(=O)Nc3cccc(C)c3)nc2-c2cccc(Cl)c2)cc1. The van der Waals surface area contributed by atoms with E-state index in [0.29, 0.717) is 16.5 Å². The lowest BCUT2D eigenvalue weighted by atomic mass is 10.2. The van der Waals surface area contributed by atoms with E-state index in [1.165, 1.54) is 0 Å². The molecule has 0 spiro atoms. The van der Waals surface area contributed by atoms with Crippen LogP contribution in [0, 0.1) is 13.8 Å². The number of hydrogen-bond donors (Lipinski definition) is 1. The van der Waals surface area contributed by atoms with Crippen molar-refractivity contribution in [1.82, 2.24) is 14.8 Å². The fraction of sp³-hybridized carbons (Fsp3) is 0.0870. The van der Waals surface area contributed by atoms with Gasteiger partial charge in [-0.3, -0.25) is 4.79 Å². The van der Waals surface area contributed by atoms with E-state index in [1.807, 2.05) is 74.5 Å². The zero-order valence-corrected chi connectivity index (χ0v) is 16.8. The Balaban J connectivity index is 1.76. The van der Waals surface area contributed by atoms with Gasteiger partial charge in [0.25, 0.3) is 5.91 Å². The molecule has 0 atom stereocenters. The maximum atomic E-state index is 12.8. The van der Waals surface area contributed by atoms with Crippen LogP contribution >= 0.6 is 11.6 Å². The van der Waals surface area contributed by atoms with Crippen LogP contribution in [0.25, 0.3) is 17.1 Å². The summed E-state index contributed by atoms with van der Waals surface area (Å²) in [7, 11) is 0. The van der Waals surface area contributed by atoms with Crippen molar-refractivity contribution in [1.29, 1.82) is 0 Å². The molecule has 0 unspecified atom stereocenters. The quantitative estimate of drug-likeness (QED) is 0.493. The number of aryl methyl sites for hydroxylation is 2. The van der Waals surface area contributed by atoms with Gasteiger partial charge in [0.2, 0.25) is 5.82 Å². The van der Waals surface area contributed by atoms with E-state index in [1.54, 1.807) is 16.8 Å². The highest BCUT2D eigenvalue weighted by atomic mass is 35.5. The van der Waals surface area contributed by atoms with Crippen LogP contribution in [0.15, 0.2) is 72.8 Å². The molecule has 0 bridgehead atoms. The highest BCUT2D eigenvalue weighted by molar-refractivity contribution is 6.30. The largest absolute Gasteiger partial charge is 0.319 e. The number of anilines is 1. The van der Waals surface area contributed by atoms with Crippen LogP contribution in [0.5, 0.6) is 0 Å². The molecule has 1 amide bonds. The van der Waals surface area contributed by atoms with Crippen LogP contribution in [0.1, 0.15) is 21.7 Å². The van der Waals surface area contributed by atoms with Gasteiger partial charge in [-0.2, -0.15) is 0 Å². The van der Waals surface area contributed by atoms with Gasteiger partial charge in [0.15, 0.2) is 5.82 Å². The average molecular weight is 403 g/mol. The molecule has 4 rings (SSSR count). The van der Waals surface area contributed by atoms with E-state index in [0.717, 1.165) is 22.4 Å². The Morgan fingerprint density at radius 3 is 2.41 bits per heavy atom. The van der Waals surface area contributed by atoms with Crippen LogP contribution < -0.4 is 5.32 Å². The van der Waals surface area contributed by atoms with Crippen molar-refractivity contribution in [3.63, 3.8) is 0 Å². The Morgan fingerprint density at radius 1 is 0.931 bits per heavy atom. The fourth-order valence-corrected chi connectivity index (χ4v) is 3.19. The maximum absolute atomic E-state index is 12.8. The number of aromatic nitrogens is 3. The number of hydrogen-bond acceptors (Lipinski definition) is 3. The second kappa shape index (κ2) is 7.89. The van der Waals surface area contributed by atoms with E-state index >= 15 is 0 Å². The summed E-state index contributed by atoms with van der Waals surface area (Å²) in [6.45, 7) is 3.99. The fourth-order valence-electron chi connectivity index (χ4n) is 3.00. The Hall–Kier alpha value is -3.44. The molecule has 0 saturated carbocycles. The van der Waals surface area contributed by atoms with E-state index < -0.39 is 0 Å². The number of nitrogens with zero attached hydrogens (tertiary/aromatic N) is 3. The highest BCUT2D eigenvalue weighted by Crippen LogP contribution is 2.24. The lowest BCUT2D eigenvalue weighted by Crippen LogP contribution is -2.14. The van der Waals surface area contributed by atoms with Gasteiger partial charge < -0.3 is 5.32 Å². The van der Waals surface area contributed by atoms with Gasteiger partial charge in [-0.25, -0.2) is 9.67 Å². The Kier molecular flexibility index (Phi) is 5.14. The Morgan fingerprint density at radius 2 is 1.69 bits per heavy atom. The van der Waals surface area contributed by atoms with E-state index in [-0.39, 0.29) is 11.7 Å². The van der Waals surface area contributed by atoms with Gasteiger partial charge in [0, 0.05) is 16.3 Å². The minimum Gasteiger partial charge on any atom is -0.319 e. The third kappa shape index (κ3) is 4.20. The minimum absolute atomic E-state index is 0.0852. The third-order valence-electron chi connectivity index (χ3n) is 4.45. The highest BCUT2D eigenvalue weighted by Gasteiger charge is 2.19. The molecular weight excluding hydrogens is 384 g/mol. The number of benzene rings is 3. The predicted octanol–water partition coefficient (Wildman–Crippen LogP) is 5.46. The molecule has 0 radical (unpaired) electrons. The third-order valence-corrected chi connectivity index (χ3v) is 4.68. The van der Waals surface area contributed by atoms with Gasteiger partial charge in [-0.05, 0) is 55.8 Å². The van der Waals surface area contributed by atoms with E-state index in [4.69, 9.17) is 11.6 Å². The summed E-state index contributed by atoms with van der Waals surface area (Å²) in [5.41, 5.74) is 4.48. The molecule has 0 aliphatic heterocycles. The molecule has 4 aromatic rings. The lowest BCUT2D eigenvalue weighted by molar-refractivity contribution is 0.101. The number of carbonyl (C=O) groups is 1. The molecule has 144 valence electrons.